The van der Waals surface area contributed by atoms with Gasteiger partial charge in [-0.25, -0.2) is 9.78 Å². The van der Waals surface area contributed by atoms with Crippen LogP contribution in [0.4, 0.5) is 0 Å². The normalized spacial score (nSPS) is 31.4. The van der Waals surface area contributed by atoms with Crippen LogP contribution in [-0.2, 0) is 9.53 Å². The molecule has 1 saturated carbocycles. The van der Waals surface area contributed by atoms with Gasteiger partial charge >= 0.3 is 5.97 Å². The highest BCUT2D eigenvalue weighted by atomic mass is 32.1. The number of carboxylic acids is 1. The fourth-order valence-corrected chi connectivity index (χ4v) is 4.25. The molecule has 0 aromatic carbocycles. The highest BCUT2D eigenvalue weighted by Crippen LogP contribution is 2.43. The number of thiazole rings is 1. The number of aliphatic carboxylic acids is 1. The van der Waals surface area contributed by atoms with Gasteiger partial charge in [0.1, 0.15) is 10.9 Å². The third kappa shape index (κ3) is 2.06. The summed E-state index contributed by atoms with van der Waals surface area (Å²) in [6, 6.07) is -0.880. The number of likely N-dealkylation sites (tertiary alicyclic amines) is 1. The molecule has 7 heteroatoms. The molecular formula is C14H16N2O4S. The van der Waals surface area contributed by atoms with Crippen molar-refractivity contribution in [2.75, 3.05) is 6.61 Å². The van der Waals surface area contributed by atoms with Crippen LogP contribution in [-0.4, -0.2) is 51.7 Å². The van der Waals surface area contributed by atoms with Gasteiger partial charge < -0.3 is 14.7 Å². The number of aromatic nitrogens is 1. The Morgan fingerprint density at radius 2 is 2.19 bits per heavy atom. The Kier molecular flexibility index (Phi) is 3.00. The van der Waals surface area contributed by atoms with Crippen molar-refractivity contribution in [3.8, 4) is 0 Å². The molecule has 3 atom stereocenters. The summed E-state index contributed by atoms with van der Waals surface area (Å²) < 4.78 is 5.58. The Bertz CT molecular complexity index is 598. The Balaban J connectivity index is 1.67. The summed E-state index contributed by atoms with van der Waals surface area (Å²) in [6.45, 7) is 0.601. The van der Waals surface area contributed by atoms with E-state index < -0.39 is 12.0 Å². The van der Waals surface area contributed by atoms with Crippen molar-refractivity contribution in [1.29, 1.82) is 0 Å². The summed E-state index contributed by atoms with van der Waals surface area (Å²) in [7, 11) is 0. The van der Waals surface area contributed by atoms with Gasteiger partial charge in [-0.15, -0.1) is 11.3 Å². The van der Waals surface area contributed by atoms with Crippen molar-refractivity contribution in [2.45, 2.75) is 49.8 Å². The molecule has 0 bridgehead atoms. The maximum absolute atomic E-state index is 12.9. The fourth-order valence-electron chi connectivity index (χ4n) is 3.44. The molecule has 1 amide bonds. The molecule has 3 fully saturated rings. The van der Waals surface area contributed by atoms with Crippen molar-refractivity contribution in [3.63, 3.8) is 0 Å². The van der Waals surface area contributed by atoms with Crippen LogP contribution in [0.2, 0.25) is 0 Å². The molecule has 1 aliphatic carbocycles. The zero-order valence-corrected chi connectivity index (χ0v) is 12.2. The van der Waals surface area contributed by atoms with Gasteiger partial charge in [0.15, 0.2) is 0 Å². The molecule has 1 aromatic heterocycles. The molecule has 2 aliphatic heterocycles. The second-order valence-corrected chi connectivity index (χ2v) is 6.76. The van der Waals surface area contributed by atoms with Crippen molar-refractivity contribution in [2.24, 2.45) is 0 Å². The predicted molar refractivity (Wildman–Crippen MR) is 74.4 cm³/mol. The molecule has 4 rings (SSSR count). The lowest BCUT2D eigenvalue weighted by Crippen LogP contribution is -2.45. The van der Waals surface area contributed by atoms with Crippen LogP contribution in [0.25, 0.3) is 0 Å². The van der Waals surface area contributed by atoms with Crippen molar-refractivity contribution in [1.82, 2.24) is 9.88 Å². The van der Waals surface area contributed by atoms with Gasteiger partial charge in [0, 0.05) is 18.9 Å². The average molecular weight is 308 g/mol. The van der Waals surface area contributed by atoms with E-state index in [1.165, 1.54) is 11.3 Å². The molecule has 1 aromatic rings. The summed E-state index contributed by atoms with van der Waals surface area (Å²) in [6.07, 6.45) is 3.12. The smallest absolute Gasteiger partial charge is 0.326 e. The molecule has 112 valence electrons. The molecular weight excluding hydrogens is 292 g/mol. The second-order valence-electron chi connectivity index (χ2n) is 5.91. The van der Waals surface area contributed by atoms with E-state index in [1.807, 2.05) is 0 Å². The van der Waals surface area contributed by atoms with Crippen LogP contribution in [0.3, 0.4) is 0 Å². The molecule has 0 radical (unpaired) electrons. The van der Waals surface area contributed by atoms with Crippen LogP contribution in [0.5, 0.6) is 0 Å². The Morgan fingerprint density at radius 3 is 2.90 bits per heavy atom. The summed E-state index contributed by atoms with van der Waals surface area (Å²) in [5.74, 6) is -0.736. The van der Waals surface area contributed by atoms with E-state index in [4.69, 9.17) is 4.74 Å². The minimum atomic E-state index is -0.946. The number of carboxylic acid groups (broad SMARTS) is 1. The van der Waals surface area contributed by atoms with E-state index in [2.05, 4.69) is 4.98 Å². The Hall–Kier alpha value is -1.47. The van der Waals surface area contributed by atoms with Crippen LogP contribution < -0.4 is 0 Å². The number of rotatable bonds is 3. The van der Waals surface area contributed by atoms with Gasteiger partial charge in [-0.3, -0.25) is 4.79 Å². The van der Waals surface area contributed by atoms with Gasteiger partial charge in [0.05, 0.1) is 23.4 Å². The number of fused-ring (bicyclic) bond motifs is 1. The highest BCUT2D eigenvalue weighted by Gasteiger charge is 2.51. The SMILES string of the molecule is O=C(O)[C@@H]1C[C@@H]2OCC[C@@H]2N1C(=O)c1scnc1C1CC1. The van der Waals surface area contributed by atoms with Gasteiger partial charge in [0.25, 0.3) is 5.91 Å². The summed E-state index contributed by atoms with van der Waals surface area (Å²) >= 11 is 1.32. The lowest BCUT2D eigenvalue weighted by Gasteiger charge is -2.26. The number of ether oxygens (including phenoxy) is 1. The lowest BCUT2D eigenvalue weighted by molar-refractivity contribution is -0.141. The first kappa shape index (κ1) is 13.2. The highest BCUT2D eigenvalue weighted by molar-refractivity contribution is 7.11. The number of amides is 1. The Morgan fingerprint density at radius 1 is 1.38 bits per heavy atom. The van der Waals surface area contributed by atoms with E-state index in [0.717, 1.165) is 25.0 Å². The number of carbonyl (C=O) groups is 2. The monoisotopic (exact) mass is 308 g/mol. The Labute approximate surface area is 125 Å². The van der Waals surface area contributed by atoms with Crippen LogP contribution in [0.1, 0.15) is 47.0 Å². The van der Waals surface area contributed by atoms with Gasteiger partial charge in [-0.1, -0.05) is 0 Å². The second kappa shape index (κ2) is 4.78. The first-order valence-corrected chi connectivity index (χ1v) is 8.15. The zero-order chi connectivity index (χ0) is 14.6. The number of hydrogen-bond donors (Lipinski definition) is 1. The van der Waals surface area contributed by atoms with Gasteiger partial charge in [0.2, 0.25) is 0 Å². The van der Waals surface area contributed by atoms with Gasteiger partial charge in [-0.05, 0) is 19.3 Å². The molecule has 3 aliphatic rings. The largest absolute Gasteiger partial charge is 0.480 e. The topological polar surface area (TPSA) is 79.7 Å². The van der Waals surface area contributed by atoms with Crippen molar-refractivity contribution >= 4 is 23.2 Å². The van der Waals surface area contributed by atoms with Crippen molar-refractivity contribution in [3.05, 3.63) is 16.1 Å². The predicted octanol–water partition coefficient (Wildman–Crippen LogP) is 1.48. The van der Waals surface area contributed by atoms with Crippen LogP contribution in [0, 0.1) is 0 Å². The minimum Gasteiger partial charge on any atom is -0.480 e. The number of carbonyl (C=O) groups excluding carboxylic acids is 1. The average Bonchev–Trinajstić information content (AvgIpc) is 2.91. The summed E-state index contributed by atoms with van der Waals surface area (Å²) in [4.78, 5) is 30.9. The van der Waals surface area contributed by atoms with Crippen LogP contribution in [0.15, 0.2) is 5.51 Å². The molecule has 6 nitrogen and oxygen atoms in total. The van der Waals surface area contributed by atoms with E-state index in [9.17, 15) is 14.7 Å². The van der Waals surface area contributed by atoms with E-state index in [-0.39, 0.29) is 18.1 Å². The molecule has 1 N–H and O–H groups in total. The van der Waals surface area contributed by atoms with E-state index >= 15 is 0 Å². The molecule has 3 heterocycles. The van der Waals surface area contributed by atoms with Crippen molar-refractivity contribution < 1.29 is 19.4 Å². The number of nitrogens with zero attached hydrogens (tertiary/aromatic N) is 2. The molecule has 21 heavy (non-hydrogen) atoms. The lowest BCUT2D eigenvalue weighted by atomic mass is 10.1. The first-order chi connectivity index (χ1) is 10.2. The molecule has 0 spiro atoms. The van der Waals surface area contributed by atoms with Crippen LogP contribution >= 0.6 is 11.3 Å². The molecule has 0 unspecified atom stereocenters. The summed E-state index contributed by atoms with van der Waals surface area (Å²) in [5.41, 5.74) is 2.55. The third-order valence-corrected chi connectivity index (χ3v) is 5.43. The van der Waals surface area contributed by atoms with E-state index in [1.54, 1.807) is 10.4 Å². The third-order valence-electron chi connectivity index (χ3n) is 4.60. The van der Waals surface area contributed by atoms with E-state index in [0.29, 0.717) is 23.8 Å². The quantitative estimate of drug-likeness (QED) is 0.915. The minimum absolute atomic E-state index is 0.104. The first-order valence-electron chi connectivity index (χ1n) is 7.27. The van der Waals surface area contributed by atoms with Gasteiger partial charge in [-0.2, -0.15) is 0 Å². The zero-order valence-electron chi connectivity index (χ0n) is 11.4. The standard InChI is InChI=1S/C14H16N2O4S/c17-13(12-11(7-1-2-7)15-6-21-12)16-8-3-4-20-10(8)5-9(16)14(18)19/h6-10H,1-5H2,(H,18,19)/t8-,9-,10-/m0/s1. The fraction of sp³-hybridized carbons (Fsp3) is 0.643. The maximum atomic E-state index is 12.9. The summed E-state index contributed by atoms with van der Waals surface area (Å²) in [5, 5.41) is 9.41. The molecule has 2 saturated heterocycles. The number of hydrogen-bond acceptors (Lipinski definition) is 5. The maximum Gasteiger partial charge on any atom is 0.326 e.